The Hall–Kier alpha value is -3.65. The van der Waals surface area contributed by atoms with E-state index in [1.807, 2.05) is 48.6 Å². The zero-order valence-electron chi connectivity index (χ0n) is 19.5. The van der Waals surface area contributed by atoms with E-state index >= 15 is 0 Å². The third-order valence-electron chi connectivity index (χ3n) is 5.36. The molecule has 0 amide bonds. The standard InChI is InChI=1S/C26H22N4O4.ClH.Mn/c1-3-33-25(31)23-19-9-5-15(27-19)13-17-7-11-21(29-17)24(26(32)34-4-2)22-12-8-18(30-22)14-16-6-10-20(23)28-16;;/h5-14,27-28H,3-4H2,1-2H3;1H;/p-1. The number of nitrogens with one attached hydrogen (secondary N) is 2. The Morgan fingerprint density at radius 3 is 1.61 bits per heavy atom. The molecular weight excluding hydrogens is 523 g/mol. The monoisotopic (exact) mass is 544 g/mol. The molecule has 1 radical (unpaired) electrons. The van der Waals surface area contributed by atoms with Crippen LogP contribution in [0.4, 0.5) is 0 Å². The molecule has 3 aromatic heterocycles. The maximum absolute atomic E-state index is 12.8. The normalized spacial score (nSPS) is 11.4. The van der Waals surface area contributed by atoms with Gasteiger partial charge in [0.15, 0.2) is 0 Å². The van der Waals surface area contributed by atoms with E-state index < -0.39 is 11.9 Å². The molecule has 0 unspecified atom stereocenters. The van der Waals surface area contributed by atoms with Gasteiger partial charge in [-0.3, -0.25) is 0 Å². The van der Waals surface area contributed by atoms with Gasteiger partial charge in [0.05, 0.1) is 47.0 Å². The minimum Gasteiger partial charge on any atom is -1.00 e. The summed E-state index contributed by atoms with van der Waals surface area (Å²) in [6, 6.07) is 11.0. The fourth-order valence-electron chi connectivity index (χ4n) is 3.91. The smallest absolute Gasteiger partial charge is 0.342 e. The second-order valence-corrected chi connectivity index (χ2v) is 7.64. The van der Waals surface area contributed by atoms with E-state index in [-0.39, 0.29) is 42.7 Å². The Labute approximate surface area is 223 Å². The van der Waals surface area contributed by atoms with E-state index in [0.717, 1.165) is 11.0 Å². The quantitative estimate of drug-likeness (QED) is 0.265. The Balaban J connectivity index is 0.00000180. The van der Waals surface area contributed by atoms with Gasteiger partial charge in [0, 0.05) is 28.1 Å². The van der Waals surface area contributed by atoms with Gasteiger partial charge in [-0.2, -0.15) is 0 Å². The molecule has 10 heteroatoms. The zero-order chi connectivity index (χ0) is 23.7. The Morgan fingerprint density at radius 2 is 1.17 bits per heavy atom. The number of nitrogens with zero attached hydrogens (tertiary/aromatic N) is 2. The molecule has 0 atom stereocenters. The first kappa shape index (κ1) is 26.9. The average molecular weight is 545 g/mol. The first-order valence-corrected chi connectivity index (χ1v) is 11.0. The van der Waals surface area contributed by atoms with Crippen molar-refractivity contribution in [2.45, 2.75) is 13.8 Å². The van der Waals surface area contributed by atoms with E-state index in [0.29, 0.717) is 44.9 Å². The number of carbonyl (C=O) groups is 2. The number of rotatable bonds is 4. The van der Waals surface area contributed by atoms with Crippen molar-refractivity contribution in [2.24, 2.45) is 0 Å². The van der Waals surface area contributed by atoms with Gasteiger partial charge in [0.1, 0.15) is 11.1 Å². The number of fused-ring (bicyclic) bond motifs is 8. The summed E-state index contributed by atoms with van der Waals surface area (Å²) in [5.41, 5.74) is 5.70. The van der Waals surface area contributed by atoms with Crippen molar-refractivity contribution >= 4 is 58.3 Å². The SMILES string of the molecule is CCOC(=O)c1c2nc(cc3ccc([nH]3)c(C(=O)OCC)c3ccc(cc4nc1C=C4)[nH]3)C=C2.[Cl-].[Mn]. The summed E-state index contributed by atoms with van der Waals surface area (Å²) in [5, 5.41) is 0. The Bertz CT molecular complexity index is 1440. The van der Waals surface area contributed by atoms with E-state index in [1.54, 1.807) is 26.0 Å². The Morgan fingerprint density at radius 1 is 0.722 bits per heavy atom. The van der Waals surface area contributed by atoms with Crippen molar-refractivity contribution in [1.29, 1.82) is 0 Å². The van der Waals surface area contributed by atoms with Gasteiger partial charge in [-0.15, -0.1) is 0 Å². The zero-order valence-corrected chi connectivity index (χ0v) is 21.4. The van der Waals surface area contributed by atoms with Crippen LogP contribution in [0.25, 0.3) is 46.4 Å². The number of esters is 2. The number of hydrogen-bond donors (Lipinski definition) is 2. The summed E-state index contributed by atoms with van der Waals surface area (Å²) in [5.74, 6) is -0.905. The number of H-pyrrole nitrogens is 2. The van der Waals surface area contributed by atoms with Gasteiger partial charge in [-0.1, -0.05) is 0 Å². The molecule has 5 heterocycles. The molecule has 2 N–H and O–H groups in total. The molecule has 0 saturated carbocycles. The summed E-state index contributed by atoms with van der Waals surface area (Å²) in [6.07, 6.45) is 7.17. The van der Waals surface area contributed by atoms with Crippen molar-refractivity contribution in [3.63, 3.8) is 0 Å². The van der Waals surface area contributed by atoms with E-state index in [4.69, 9.17) is 9.47 Å². The largest absolute Gasteiger partial charge is 1.00 e. The Kier molecular flexibility index (Phi) is 8.53. The number of aromatic nitrogens is 4. The van der Waals surface area contributed by atoms with Crippen molar-refractivity contribution in [3.8, 4) is 0 Å². The number of aromatic amines is 2. The molecule has 2 aliphatic heterocycles. The minimum atomic E-state index is -0.476. The number of hydrogen-bond acceptors (Lipinski definition) is 6. The summed E-state index contributed by atoms with van der Waals surface area (Å²) < 4.78 is 10.6. The van der Waals surface area contributed by atoms with Crippen molar-refractivity contribution in [3.05, 3.63) is 70.3 Å². The van der Waals surface area contributed by atoms with Crippen LogP contribution in [0.2, 0.25) is 0 Å². The summed E-state index contributed by atoms with van der Waals surface area (Å²) in [4.78, 5) is 41.4. The molecule has 8 nitrogen and oxygen atoms in total. The van der Waals surface area contributed by atoms with Crippen LogP contribution in [-0.4, -0.2) is 45.1 Å². The van der Waals surface area contributed by atoms with Crippen LogP contribution >= 0.6 is 0 Å². The molecule has 8 bridgehead atoms. The van der Waals surface area contributed by atoms with Gasteiger partial charge < -0.3 is 31.8 Å². The third kappa shape index (κ3) is 5.28. The molecule has 0 fully saturated rings. The summed E-state index contributed by atoms with van der Waals surface area (Å²) >= 11 is 0. The van der Waals surface area contributed by atoms with Crippen molar-refractivity contribution in [1.82, 2.24) is 19.9 Å². The van der Waals surface area contributed by atoms with Crippen LogP contribution in [0.5, 0.6) is 0 Å². The van der Waals surface area contributed by atoms with E-state index in [2.05, 4.69) is 19.9 Å². The molecule has 0 aromatic carbocycles. The molecule has 2 aliphatic rings. The molecule has 36 heavy (non-hydrogen) atoms. The molecule has 0 saturated heterocycles. The predicted molar refractivity (Wildman–Crippen MR) is 131 cm³/mol. The first-order valence-electron chi connectivity index (χ1n) is 11.0. The van der Waals surface area contributed by atoms with Gasteiger partial charge in [-0.05, 0) is 74.5 Å². The fraction of sp³-hybridized carbons (Fsp3) is 0.154. The first-order chi connectivity index (χ1) is 16.6. The minimum absolute atomic E-state index is 0. The second-order valence-electron chi connectivity index (χ2n) is 7.64. The number of carbonyl (C=O) groups excluding carboxylic acids is 2. The molecule has 0 aliphatic carbocycles. The van der Waals surface area contributed by atoms with Crippen LogP contribution in [-0.2, 0) is 26.5 Å². The van der Waals surface area contributed by atoms with Crippen LogP contribution in [0.3, 0.4) is 0 Å². The van der Waals surface area contributed by atoms with Crippen molar-refractivity contribution < 1.29 is 48.5 Å². The van der Waals surface area contributed by atoms with Crippen LogP contribution in [0, 0.1) is 0 Å². The maximum Gasteiger partial charge on any atom is 0.342 e. The average Bonchev–Trinajstić information content (AvgIpc) is 3.60. The van der Waals surface area contributed by atoms with Crippen LogP contribution in [0.15, 0.2) is 36.4 Å². The third-order valence-corrected chi connectivity index (χ3v) is 5.36. The number of ether oxygens (including phenoxy) is 2. The molecule has 185 valence electrons. The van der Waals surface area contributed by atoms with E-state index in [1.165, 1.54) is 0 Å². The molecule has 3 aromatic rings. The molecular formula is C26H22ClMnN4O4-. The van der Waals surface area contributed by atoms with Crippen molar-refractivity contribution in [2.75, 3.05) is 13.2 Å². The predicted octanol–water partition coefficient (Wildman–Crippen LogP) is 2.01. The van der Waals surface area contributed by atoms with E-state index in [9.17, 15) is 9.59 Å². The topological polar surface area (TPSA) is 110 Å². The van der Waals surface area contributed by atoms with Crippen LogP contribution in [0.1, 0.15) is 57.3 Å². The fourth-order valence-corrected chi connectivity index (χ4v) is 3.91. The number of halogens is 1. The second kappa shape index (κ2) is 11.4. The maximum atomic E-state index is 12.8. The van der Waals surface area contributed by atoms with Crippen LogP contribution < -0.4 is 12.4 Å². The summed E-state index contributed by atoms with van der Waals surface area (Å²) in [7, 11) is 0. The van der Waals surface area contributed by atoms with Gasteiger partial charge in [0.2, 0.25) is 0 Å². The van der Waals surface area contributed by atoms with Gasteiger partial charge in [0.25, 0.3) is 0 Å². The van der Waals surface area contributed by atoms with Gasteiger partial charge in [-0.25, -0.2) is 19.6 Å². The molecule has 5 rings (SSSR count). The molecule has 0 spiro atoms. The van der Waals surface area contributed by atoms with Gasteiger partial charge >= 0.3 is 11.9 Å². The summed E-state index contributed by atoms with van der Waals surface area (Å²) in [6.45, 7) is 4.05.